The number of nitrogens with one attached hydrogen (secondary N) is 1. The normalized spacial score (nSPS) is 15.1. The van der Waals surface area contributed by atoms with Crippen LogP contribution >= 0.6 is 0 Å². The highest BCUT2D eigenvalue weighted by Gasteiger charge is 2.33. The van der Waals surface area contributed by atoms with E-state index in [1.807, 2.05) is 12.1 Å². The molecule has 1 aliphatic heterocycles. The van der Waals surface area contributed by atoms with Crippen molar-refractivity contribution in [2.24, 2.45) is 0 Å². The van der Waals surface area contributed by atoms with E-state index in [1.54, 1.807) is 19.9 Å². The molecular weight excluding hydrogens is 253 g/mol. The summed E-state index contributed by atoms with van der Waals surface area (Å²) in [7, 11) is 0. The van der Waals surface area contributed by atoms with Crippen LogP contribution < -0.4 is 10.2 Å². The van der Waals surface area contributed by atoms with Gasteiger partial charge in [0.15, 0.2) is 0 Å². The van der Waals surface area contributed by atoms with E-state index in [-0.39, 0.29) is 6.04 Å². The van der Waals surface area contributed by atoms with Gasteiger partial charge in [-0.2, -0.15) is 13.2 Å². The Bertz CT molecular complexity index is 441. The number of halogens is 3. The summed E-state index contributed by atoms with van der Waals surface area (Å²) in [6.07, 6.45) is -2.24. The van der Waals surface area contributed by atoms with Gasteiger partial charge in [0, 0.05) is 12.6 Å². The van der Waals surface area contributed by atoms with Crippen molar-refractivity contribution in [3.63, 3.8) is 0 Å². The van der Waals surface area contributed by atoms with Crippen LogP contribution in [0, 0.1) is 0 Å². The van der Waals surface area contributed by atoms with Crippen LogP contribution in [0.4, 0.5) is 24.5 Å². The van der Waals surface area contributed by atoms with Gasteiger partial charge in [0.1, 0.15) is 6.54 Å². The number of hydrogen-bond donors (Lipinski definition) is 1. The molecule has 0 atom stereocenters. The maximum Gasteiger partial charge on any atom is 0.405 e. The first-order valence-corrected chi connectivity index (χ1v) is 6.57. The molecule has 1 aliphatic rings. The van der Waals surface area contributed by atoms with Gasteiger partial charge >= 0.3 is 6.18 Å². The number of benzene rings is 1. The Morgan fingerprint density at radius 1 is 1.32 bits per heavy atom. The van der Waals surface area contributed by atoms with Crippen molar-refractivity contribution in [1.29, 1.82) is 0 Å². The van der Waals surface area contributed by atoms with E-state index in [0.717, 1.165) is 30.6 Å². The lowest BCUT2D eigenvalue weighted by molar-refractivity contribution is -0.120. The van der Waals surface area contributed by atoms with Gasteiger partial charge in [-0.25, -0.2) is 0 Å². The maximum absolute atomic E-state index is 12.7. The van der Waals surface area contributed by atoms with Crippen molar-refractivity contribution in [3.05, 3.63) is 23.8 Å². The molecule has 2 rings (SSSR count). The number of fused-ring (bicyclic) bond motifs is 1. The lowest BCUT2D eigenvalue weighted by atomic mass is 10.0. The van der Waals surface area contributed by atoms with E-state index >= 15 is 0 Å². The third-order valence-electron chi connectivity index (χ3n) is 3.34. The predicted octanol–water partition coefficient (Wildman–Crippen LogP) is 3.82. The first-order valence-electron chi connectivity index (χ1n) is 6.57. The Hall–Kier alpha value is -1.39. The van der Waals surface area contributed by atoms with E-state index in [0.29, 0.717) is 5.69 Å². The molecule has 0 unspecified atom stereocenters. The predicted molar refractivity (Wildman–Crippen MR) is 71.8 cm³/mol. The van der Waals surface area contributed by atoms with Gasteiger partial charge in [-0.1, -0.05) is 12.1 Å². The number of hydrogen-bond acceptors (Lipinski definition) is 2. The molecule has 1 heterocycles. The first-order chi connectivity index (χ1) is 8.88. The van der Waals surface area contributed by atoms with Gasteiger partial charge in [0.25, 0.3) is 0 Å². The molecule has 0 saturated carbocycles. The molecule has 1 aromatic rings. The molecule has 0 aromatic heterocycles. The number of aryl methyl sites for hydroxylation is 1. The monoisotopic (exact) mass is 272 g/mol. The van der Waals surface area contributed by atoms with Gasteiger partial charge in [-0.15, -0.1) is 0 Å². The maximum atomic E-state index is 12.7. The van der Waals surface area contributed by atoms with Gasteiger partial charge in [-0.3, -0.25) is 0 Å². The largest absolute Gasteiger partial charge is 0.405 e. The summed E-state index contributed by atoms with van der Waals surface area (Å²) in [6, 6.07) is 5.39. The summed E-state index contributed by atoms with van der Waals surface area (Å²) >= 11 is 0. The average molecular weight is 272 g/mol. The summed E-state index contributed by atoms with van der Waals surface area (Å²) in [5.41, 5.74) is 2.63. The van der Waals surface area contributed by atoms with Crippen molar-refractivity contribution in [3.8, 4) is 0 Å². The number of nitrogens with zero attached hydrogens (tertiary/aromatic N) is 1. The Balaban J connectivity index is 2.37. The van der Waals surface area contributed by atoms with Crippen LogP contribution in [0.1, 0.15) is 25.8 Å². The molecule has 0 spiro atoms. The summed E-state index contributed by atoms with van der Waals surface area (Å²) < 4.78 is 38.2. The fourth-order valence-corrected chi connectivity index (χ4v) is 2.47. The van der Waals surface area contributed by atoms with Crippen LogP contribution in [0.5, 0.6) is 0 Å². The fraction of sp³-hybridized carbons (Fsp3) is 0.571. The lowest BCUT2D eigenvalue weighted by Crippen LogP contribution is -2.39. The second-order valence-electron chi connectivity index (χ2n) is 5.18. The molecular formula is C14H19F3N2. The summed E-state index contributed by atoms with van der Waals surface area (Å²) in [5, 5.41) is 3.24. The molecule has 106 valence electrons. The minimum atomic E-state index is -4.19. The highest BCUT2D eigenvalue weighted by atomic mass is 19.4. The van der Waals surface area contributed by atoms with Crippen LogP contribution in [0.2, 0.25) is 0 Å². The van der Waals surface area contributed by atoms with E-state index < -0.39 is 12.7 Å². The van der Waals surface area contributed by atoms with Crippen molar-refractivity contribution < 1.29 is 13.2 Å². The van der Waals surface area contributed by atoms with Crippen molar-refractivity contribution in [2.45, 2.75) is 38.9 Å². The van der Waals surface area contributed by atoms with Crippen molar-refractivity contribution >= 4 is 11.4 Å². The molecule has 1 aromatic carbocycles. The van der Waals surface area contributed by atoms with Crippen LogP contribution in [-0.4, -0.2) is 25.3 Å². The molecule has 0 fully saturated rings. The van der Waals surface area contributed by atoms with Crippen LogP contribution in [0.25, 0.3) is 0 Å². The highest BCUT2D eigenvalue weighted by Crippen LogP contribution is 2.35. The molecule has 0 aliphatic carbocycles. The Morgan fingerprint density at radius 3 is 2.68 bits per heavy atom. The SMILES string of the molecule is CC(C)N(CC(F)(F)F)c1cccc2c1NCCC2. The quantitative estimate of drug-likeness (QED) is 0.899. The molecule has 19 heavy (non-hydrogen) atoms. The molecule has 0 radical (unpaired) electrons. The number of para-hydroxylation sites is 1. The Morgan fingerprint density at radius 2 is 2.05 bits per heavy atom. The smallest absolute Gasteiger partial charge is 0.383 e. The lowest BCUT2D eigenvalue weighted by Gasteiger charge is -2.33. The van der Waals surface area contributed by atoms with Crippen LogP contribution in [-0.2, 0) is 6.42 Å². The fourth-order valence-electron chi connectivity index (χ4n) is 2.47. The minimum absolute atomic E-state index is 0.197. The molecule has 0 amide bonds. The standard InChI is InChI=1S/C14H19F3N2/c1-10(2)19(9-14(15,16)17)12-7-3-5-11-6-4-8-18-13(11)12/h3,5,7,10,18H,4,6,8-9H2,1-2H3. The molecule has 0 bridgehead atoms. The number of rotatable bonds is 3. The van der Waals surface area contributed by atoms with Crippen LogP contribution in [0.3, 0.4) is 0 Å². The zero-order valence-corrected chi connectivity index (χ0v) is 11.2. The van der Waals surface area contributed by atoms with E-state index in [4.69, 9.17) is 0 Å². The van der Waals surface area contributed by atoms with Crippen molar-refractivity contribution in [2.75, 3.05) is 23.3 Å². The Labute approximate surface area is 111 Å². The van der Waals surface area contributed by atoms with Crippen molar-refractivity contribution in [1.82, 2.24) is 0 Å². The van der Waals surface area contributed by atoms with Gasteiger partial charge in [-0.05, 0) is 38.3 Å². The zero-order chi connectivity index (χ0) is 14.0. The van der Waals surface area contributed by atoms with Gasteiger partial charge in [0.2, 0.25) is 0 Å². The second kappa shape index (κ2) is 5.31. The van der Waals surface area contributed by atoms with E-state index in [9.17, 15) is 13.2 Å². The van der Waals surface area contributed by atoms with Gasteiger partial charge < -0.3 is 10.2 Å². The first kappa shape index (κ1) is 14.0. The zero-order valence-electron chi connectivity index (χ0n) is 11.2. The van der Waals surface area contributed by atoms with E-state index in [1.165, 1.54) is 4.90 Å². The van der Waals surface area contributed by atoms with E-state index in [2.05, 4.69) is 5.32 Å². The third kappa shape index (κ3) is 3.33. The molecule has 1 N–H and O–H groups in total. The summed E-state index contributed by atoms with van der Waals surface area (Å²) in [4.78, 5) is 1.41. The summed E-state index contributed by atoms with van der Waals surface area (Å²) in [6.45, 7) is 3.48. The minimum Gasteiger partial charge on any atom is -0.383 e. The second-order valence-corrected chi connectivity index (χ2v) is 5.18. The van der Waals surface area contributed by atoms with Crippen LogP contribution in [0.15, 0.2) is 18.2 Å². The highest BCUT2D eigenvalue weighted by molar-refractivity contribution is 5.75. The number of anilines is 2. The topological polar surface area (TPSA) is 15.3 Å². The summed E-state index contributed by atoms with van der Waals surface area (Å²) in [5.74, 6) is 0. The Kier molecular flexibility index (Phi) is 3.92. The molecule has 5 heteroatoms. The average Bonchev–Trinajstić information content (AvgIpc) is 2.34. The third-order valence-corrected chi connectivity index (χ3v) is 3.34. The molecule has 0 saturated heterocycles. The van der Waals surface area contributed by atoms with Gasteiger partial charge in [0.05, 0.1) is 11.4 Å². The molecule has 2 nitrogen and oxygen atoms in total. The number of alkyl halides is 3.